The van der Waals surface area contributed by atoms with Gasteiger partial charge in [0.05, 0.1) is 24.1 Å². The largest absolute Gasteiger partial charge is 0.339 e. The second kappa shape index (κ2) is 8.20. The maximum atomic E-state index is 12.2. The molecule has 3 amide bonds. The van der Waals surface area contributed by atoms with E-state index in [4.69, 9.17) is 11.6 Å². The number of nitrogens with zero attached hydrogens (tertiary/aromatic N) is 3. The van der Waals surface area contributed by atoms with Crippen molar-refractivity contribution in [1.82, 2.24) is 10.3 Å². The van der Waals surface area contributed by atoms with E-state index in [0.717, 1.165) is 5.56 Å². The molecular formula is C19H18ClN5O3. The van der Waals surface area contributed by atoms with Gasteiger partial charge in [0.25, 0.3) is 5.78 Å². The topological polar surface area (TPSA) is 94.1 Å². The van der Waals surface area contributed by atoms with Gasteiger partial charge in [-0.3, -0.25) is 19.4 Å². The summed E-state index contributed by atoms with van der Waals surface area (Å²) in [6.45, 7) is 0.296. The Morgan fingerprint density at radius 3 is 2.57 bits per heavy atom. The molecule has 9 heteroatoms. The van der Waals surface area contributed by atoms with E-state index in [0.29, 0.717) is 23.1 Å². The summed E-state index contributed by atoms with van der Waals surface area (Å²) in [5.74, 6) is -1.18. The molecule has 1 aliphatic heterocycles. The number of hydrogen-bond donors (Lipinski definition) is 2. The minimum absolute atomic E-state index is 0.259. The summed E-state index contributed by atoms with van der Waals surface area (Å²) in [6, 6.07) is 11.1. The molecule has 0 saturated heterocycles. The molecule has 2 aromatic rings. The first-order chi connectivity index (χ1) is 13.3. The summed E-state index contributed by atoms with van der Waals surface area (Å²) in [7, 11) is 3.61. The first-order valence-corrected chi connectivity index (χ1v) is 8.73. The minimum Gasteiger partial charge on any atom is -0.306 e. The lowest BCUT2D eigenvalue weighted by atomic mass is 10.1. The lowest BCUT2D eigenvalue weighted by Gasteiger charge is -2.21. The van der Waals surface area contributed by atoms with Crippen molar-refractivity contribution >= 4 is 46.9 Å². The maximum absolute atomic E-state index is 12.2. The molecular weight excluding hydrogens is 382 g/mol. The average molecular weight is 400 g/mol. The van der Waals surface area contributed by atoms with Crippen LogP contribution in [0.4, 0.5) is 16.2 Å². The minimum atomic E-state index is -0.596. The molecule has 0 bridgehead atoms. The number of benzene rings is 2. The van der Waals surface area contributed by atoms with E-state index in [2.05, 4.69) is 15.8 Å². The highest BCUT2D eigenvalue weighted by Crippen LogP contribution is 2.31. The third-order valence-corrected chi connectivity index (χ3v) is 4.16. The summed E-state index contributed by atoms with van der Waals surface area (Å²) < 4.78 is 0. The third-order valence-electron chi connectivity index (χ3n) is 3.90. The maximum Gasteiger partial charge on any atom is 0.339 e. The Kier molecular flexibility index (Phi) is 5.72. The highest BCUT2D eigenvalue weighted by atomic mass is 35.5. The number of hydrogen-bond acceptors (Lipinski definition) is 5. The number of nitrogens with one attached hydrogen (secondary N) is 2. The molecule has 0 atom stereocenters. The van der Waals surface area contributed by atoms with Crippen LogP contribution in [0.2, 0.25) is 5.02 Å². The zero-order chi connectivity index (χ0) is 20.3. The number of ketones is 1. The first kappa shape index (κ1) is 19.5. The Balaban J connectivity index is 1.65. The van der Waals surface area contributed by atoms with Gasteiger partial charge >= 0.3 is 11.9 Å². The average Bonchev–Trinajstić information content (AvgIpc) is 2.88. The first-order valence-electron chi connectivity index (χ1n) is 8.36. The quantitative estimate of drug-likeness (QED) is 0.459. The van der Waals surface area contributed by atoms with Gasteiger partial charge in [-0.15, -0.1) is 0 Å². The van der Waals surface area contributed by atoms with Crippen molar-refractivity contribution in [2.24, 2.45) is 5.10 Å². The second-order valence-electron chi connectivity index (χ2n) is 6.39. The van der Waals surface area contributed by atoms with Crippen molar-refractivity contribution < 1.29 is 14.4 Å². The van der Waals surface area contributed by atoms with Crippen LogP contribution in [0, 0.1) is 0 Å². The summed E-state index contributed by atoms with van der Waals surface area (Å²) in [5, 5.41) is 7.04. The van der Waals surface area contributed by atoms with Crippen molar-refractivity contribution in [1.29, 1.82) is 0 Å². The van der Waals surface area contributed by atoms with Crippen LogP contribution in [0.15, 0.2) is 47.6 Å². The van der Waals surface area contributed by atoms with Crippen LogP contribution >= 0.6 is 11.6 Å². The Bertz CT molecular complexity index is 957. The number of urea groups is 1. The molecule has 1 aliphatic rings. The van der Waals surface area contributed by atoms with Gasteiger partial charge < -0.3 is 5.32 Å². The van der Waals surface area contributed by atoms with Crippen LogP contribution < -0.4 is 15.6 Å². The number of anilines is 2. The number of hydrazone groups is 1. The third kappa shape index (κ3) is 4.36. The molecule has 0 spiro atoms. The van der Waals surface area contributed by atoms with Crippen LogP contribution in [0.3, 0.4) is 0 Å². The molecule has 2 aromatic carbocycles. The smallest absolute Gasteiger partial charge is 0.306 e. The van der Waals surface area contributed by atoms with Crippen molar-refractivity contribution in [3.8, 4) is 0 Å². The molecule has 2 N–H and O–H groups in total. The van der Waals surface area contributed by atoms with E-state index < -0.39 is 17.7 Å². The van der Waals surface area contributed by atoms with E-state index in [1.54, 1.807) is 55.4 Å². The normalized spacial score (nSPS) is 13.4. The summed E-state index contributed by atoms with van der Waals surface area (Å²) >= 11 is 5.80. The Labute approximate surface area is 166 Å². The SMILES string of the molecule is CN(C)CN1C(=O)C(=O)c2cc(NC(=O)N/N=C/c3ccc(Cl)cc3)ccc21. The highest BCUT2D eigenvalue weighted by molar-refractivity contribution is 6.52. The fraction of sp³-hybridized carbons (Fsp3) is 0.158. The molecule has 0 aliphatic carbocycles. The molecule has 0 fully saturated rings. The van der Waals surface area contributed by atoms with Crippen LogP contribution in [-0.4, -0.2) is 49.6 Å². The number of carbonyl (C=O) groups is 3. The van der Waals surface area contributed by atoms with Gasteiger partial charge in [-0.05, 0) is 50.0 Å². The zero-order valence-corrected chi connectivity index (χ0v) is 16.0. The predicted octanol–water partition coefficient (Wildman–Crippen LogP) is 2.54. The van der Waals surface area contributed by atoms with E-state index in [1.165, 1.54) is 17.2 Å². The molecule has 3 rings (SSSR count). The Morgan fingerprint density at radius 2 is 1.89 bits per heavy atom. The van der Waals surface area contributed by atoms with Crippen molar-refractivity contribution in [3.05, 3.63) is 58.6 Å². The van der Waals surface area contributed by atoms with Gasteiger partial charge in [0.1, 0.15) is 0 Å². The van der Waals surface area contributed by atoms with Gasteiger partial charge in [-0.2, -0.15) is 5.10 Å². The van der Waals surface area contributed by atoms with Crippen LogP contribution in [0.25, 0.3) is 0 Å². The van der Waals surface area contributed by atoms with Gasteiger partial charge in [-0.25, -0.2) is 10.2 Å². The number of Topliss-reactive ketones (excluding diaryl/α,β-unsaturated/α-hetero) is 1. The monoisotopic (exact) mass is 399 g/mol. The predicted molar refractivity (Wildman–Crippen MR) is 108 cm³/mol. The number of amides is 3. The van der Waals surface area contributed by atoms with Gasteiger partial charge in [-0.1, -0.05) is 23.7 Å². The number of carbonyl (C=O) groups excluding carboxylic acids is 3. The molecule has 8 nitrogen and oxygen atoms in total. The van der Waals surface area contributed by atoms with E-state index >= 15 is 0 Å². The fourth-order valence-electron chi connectivity index (χ4n) is 2.67. The van der Waals surface area contributed by atoms with Crippen LogP contribution in [-0.2, 0) is 4.79 Å². The number of fused-ring (bicyclic) bond motifs is 1. The molecule has 0 saturated carbocycles. The highest BCUT2D eigenvalue weighted by Gasteiger charge is 2.36. The van der Waals surface area contributed by atoms with E-state index in [-0.39, 0.29) is 5.56 Å². The second-order valence-corrected chi connectivity index (χ2v) is 6.83. The summed E-state index contributed by atoms with van der Waals surface area (Å²) in [5.41, 5.74) is 4.27. The number of halogens is 1. The van der Waals surface area contributed by atoms with E-state index in [1.807, 2.05) is 0 Å². The lowest BCUT2D eigenvalue weighted by molar-refractivity contribution is -0.114. The Hall–Kier alpha value is -3.23. The van der Waals surface area contributed by atoms with Gasteiger partial charge in [0, 0.05) is 10.7 Å². The Morgan fingerprint density at radius 1 is 1.18 bits per heavy atom. The van der Waals surface area contributed by atoms with Gasteiger partial charge in [0.2, 0.25) is 0 Å². The van der Waals surface area contributed by atoms with Gasteiger partial charge in [0.15, 0.2) is 0 Å². The standard InChI is InChI=1S/C19H18ClN5O3/c1-24(2)11-25-16-8-7-14(9-15(16)17(26)18(25)27)22-19(28)23-21-10-12-3-5-13(20)6-4-12/h3-10H,11H2,1-2H3,(H2,22,23,28)/b21-10+. The molecule has 0 radical (unpaired) electrons. The molecule has 0 aromatic heterocycles. The van der Waals surface area contributed by atoms with Crippen molar-refractivity contribution in [2.75, 3.05) is 31.0 Å². The van der Waals surface area contributed by atoms with Crippen LogP contribution in [0.1, 0.15) is 15.9 Å². The molecule has 28 heavy (non-hydrogen) atoms. The summed E-state index contributed by atoms with van der Waals surface area (Å²) in [6.07, 6.45) is 1.47. The van der Waals surface area contributed by atoms with Crippen molar-refractivity contribution in [2.45, 2.75) is 0 Å². The van der Waals surface area contributed by atoms with E-state index in [9.17, 15) is 14.4 Å². The zero-order valence-electron chi connectivity index (χ0n) is 15.3. The molecule has 0 unspecified atom stereocenters. The summed E-state index contributed by atoms with van der Waals surface area (Å²) in [4.78, 5) is 39.5. The lowest BCUT2D eigenvalue weighted by Crippen LogP contribution is -2.37. The molecule has 1 heterocycles. The number of rotatable bonds is 5. The van der Waals surface area contributed by atoms with Crippen LogP contribution in [0.5, 0.6) is 0 Å². The fourth-order valence-corrected chi connectivity index (χ4v) is 2.80. The molecule has 144 valence electrons. The van der Waals surface area contributed by atoms with Crippen molar-refractivity contribution in [3.63, 3.8) is 0 Å².